The minimum absolute atomic E-state index is 0.0338. The third kappa shape index (κ3) is 4.63. The molecule has 0 fully saturated rings. The maximum Gasteiger partial charge on any atom is 0.322 e. The standard InChI is InChI=1S/C10H12N4O4/c1-3-4-14(6-9(16)17)5-8(15)11-10-13-12-7(2)18-10/h1H,4-6H2,2H3,(H,16,17)(H,11,13,15). The molecule has 1 aromatic rings. The SMILES string of the molecule is C#CCN(CC(=O)O)CC(=O)Nc1nnc(C)o1. The number of carbonyl (C=O) groups excluding carboxylic acids is 1. The van der Waals surface area contributed by atoms with Crippen molar-refractivity contribution in [1.82, 2.24) is 15.1 Å². The molecule has 18 heavy (non-hydrogen) atoms. The lowest BCUT2D eigenvalue weighted by Crippen LogP contribution is -2.37. The first-order valence-electron chi connectivity index (χ1n) is 4.99. The fourth-order valence-corrected chi connectivity index (χ4v) is 1.20. The van der Waals surface area contributed by atoms with Gasteiger partial charge in [-0.25, -0.2) is 0 Å². The predicted molar refractivity (Wildman–Crippen MR) is 60.6 cm³/mol. The number of nitrogens with zero attached hydrogens (tertiary/aromatic N) is 3. The summed E-state index contributed by atoms with van der Waals surface area (Å²) in [5.74, 6) is 1.05. The fourth-order valence-electron chi connectivity index (χ4n) is 1.20. The van der Waals surface area contributed by atoms with E-state index in [0.29, 0.717) is 5.89 Å². The van der Waals surface area contributed by atoms with Gasteiger partial charge in [-0.1, -0.05) is 11.0 Å². The van der Waals surface area contributed by atoms with Crippen LogP contribution in [0.1, 0.15) is 5.89 Å². The quantitative estimate of drug-likeness (QED) is 0.646. The van der Waals surface area contributed by atoms with Crippen LogP contribution < -0.4 is 5.32 Å². The monoisotopic (exact) mass is 252 g/mol. The molecule has 8 heteroatoms. The van der Waals surface area contributed by atoms with E-state index in [-0.39, 0.29) is 25.6 Å². The van der Waals surface area contributed by atoms with Gasteiger partial charge in [-0.3, -0.25) is 19.8 Å². The second kappa shape index (κ2) is 6.36. The first-order chi connectivity index (χ1) is 8.51. The number of carboxylic acids is 1. The largest absolute Gasteiger partial charge is 0.480 e. The molecule has 0 saturated carbocycles. The molecule has 0 unspecified atom stereocenters. The molecule has 1 rings (SSSR count). The lowest BCUT2D eigenvalue weighted by molar-refractivity contribution is -0.138. The molecule has 2 N–H and O–H groups in total. The van der Waals surface area contributed by atoms with Gasteiger partial charge in [-0.15, -0.1) is 11.5 Å². The third-order valence-corrected chi connectivity index (χ3v) is 1.81. The highest BCUT2D eigenvalue weighted by molar-refractivity contribution is 5.90. The lowest BCUT2D eigenvalue weighted by Gasteiger charge is -2.15. The summed E-state index contributed by atoms with van der Waals surface area (Å²) in [6.07, 6.45) is 5.08. The van der Waals surface area contributed by atoms with Crippen molar-refractivity contribution in [1.29, 1.82) is 0 Å². The van der Waals surface area contributed by atoms with E-state index in [1.54, 1.807) is 6.92 Å². The van der Waals surface area contributed by atoms with Crippen molar-refractivity contribution in [3.05, 3.63) is 5.89 Å². The normalized spacial score (nSPS) is 10.1. The van der Waals surface area contributed by atoms with Gasteiger partial charge in [0.1, 0.15) is 0 Å². The van der Waals surface area contributed by atoms with E-state index < -0.39 is 11.9 Å². The molecular formula is C10H12N4O4. The van der Waals surface area contributed by atoms with Gasteiger partial charge in [0.25, 0.3) is 0 Å². The van der Waals surface area contributed by atoms with Gasteiger partial charge in [0.15, 0.2) is 0 Å². The second-order valence-electron chi connectivity index (χ2n) is 3.42. The molecule has 8 nitrogen and oxygen atoms in total. The van der Waals surface area contributed by atoms with Gasteiger partial charge in [0.05, 0.1) is 19.6 Å². The summed E-state index contributed by atoms with van der Waals surface area (Å²) in [5.41, 5.74) is 0. The first-order valence-corrected chi connectivity index (χ1v) is 4.99. The first kappa shape index (κ1) is 13.7. The molecule has 0 atom stereocenters. The number of hydrogen-bond acceptors (Lipinski definition) is 6. The topological polar surface area (TPSA) is 109 Å². The minimum Gasteiger partial charge on any atom is -0.480 e. The zero-order chi connectivity index (χ0) is 13.5. The van der Waals surface area contributed by atoms with E-state index >= 15 is 0 Å². The predicted octanol–water partition coefficient (Wildman–Crippen LogP) is -0.664. The zero-order valence-corrected chi connectivity index (χ0v) is 9.71. The van der Waals surface area contributed by atoms with Crippen LogP contribution in [0.2, 0.25) is 0 Å². The minimum atomic E-state index is -1.06. The highest BCUT2D eigenvalue weighted by atomic mass is 16.4. The molecule has 0 aliphatic carbocycles. The molecule has 0 bridgehead atoms. The van der Waals surface area contributed by atoms with Crippen LogP contribution in [0.3, 0.4) is 0 Å². The molecule has 0 aliphatic rings. The van der Waals surface area contributed by atoms with Crippen molar-refractivity contribution in [2.24, 2.45) is 0 Å². The number of aryl methyl sites for hydroxylation is 1. The number of terminal acetylenes is 1. The third-order valence-electron chi connectivity index (χ3n) is 1.81. The van der Waals surface area contributed by atoms with E-state index in [1.807, 2.05) is 0 Å². The molecule has 0 saturated heterocycles. The number of rotatable bonds is 6. The van der Waals surface area contributed by atoms with Gasteiger partial charge < -0.3 is 9.52 Å². The van der Waals surface area contributed by atoms with Crippen LogP contribution in [-0.2, 0) is 9.59 Å². The van der Waals surface area contributed by atoms with Crippen molar-refractivity contribution in [2.45, 2.75) is 6.92 Å². The van der Waals surface area contributed by atoms with Crippen LogP contribution in [0, 0.1) is 19.3 Å². The lowest BCUT2D eigenvalue weighted by atomic mass is 10.4. The summed E-state index contributed by atoms with van der Waals surface area (Å²) in [4.78, 5) is 23.4. The summed E-state index contributed by atoms with van der Waals surface area (Å²) in [7, 11) is 0. The van der Waals surface area contributed by atoms with Gasteiger partial charge in [0.2, 0.25) is 11.8 Å². The Morgan fingerprint density at radius 1 is 1.50 bits per heavy atom. The number of nitrogens with one attached hydrogen (secondary N) is 1. The van der Waals surface area contributed by atoms with Crippen molar-refractivity contribution < 1.29 is 19.1 Å². The number of anilines is 1. The maximum absolute atomic E-state index is 11.5. The Hall–Kier alpha value is -2.40. The van der Waals surface area contributed by atoms with Crippen LogP contribution in [0.4, 0.5) is 6.01 Å². The molecule has 0 spiro atoms. The van der Waals surface area contributed by atoms with E-state index in [4.69, 9.17) is 15.9 Å². The summed E-state index contributed by atoms with van der Waals surface area (Å²) in [5, 5.41) is 18.1. The van der Waals surface area contributed by atoms with Crippen molar-refractivity contribution in [3.63, 3.8) is 0 Å². The average Bonchev–Trinajstić information content (AvgIpc) is 2.62. The van der Waals surface area contributed by atoms with E-state index in [9.17, 15) is 9.59 Å². The van der Waals surface area contributed by atoms with Gasteiger partial charge >= 0.3 is 12.0 Å². The summed E-state index contributed by atoms with van der Waals surface area (Å²) in [6.45, 7) is 1.15. The van der Waals surface area contributed by atoms with Gasteiger partial charge in [-0.05, 0) is 0 Å². The van der Waals surface area contributed by atoms with Crippen LogP contribution in [-0.4, -0.2) is 51.7 Å². The van der Waals surface area contributed by atoms with E-state index in [2.05, 4.69) is 21.4 Å². The Balaban J connectivity index is 2.50. The average molecular weight is 252 g/mol. The summed E-state index contributed by atoms with van der Waals surface area (Å²) < 4.78 is 4.95. The molecule has 0 radical (unpaired) electrons. The van der Waals surface area contributed by atoms with Crippen molar-refractivity contribution in [3.8, 4) is 12.3 Å². The molecular weight excluding hydrogens is 240 g/mol. The van der Waals surface area contributed by atoms with Crippen molar-refractivity contribution in [2.75, 3.05) is 25.0 Å². The number of carboxylic acid groups (broad SMARTS) is 1. The molecule has 0 aromatic carbocycles. The fraction of sp³-hybridized carbons (Fsp3) is 0.400. The van der Waals surface area contributed by atoms with E-state index in [0.717, 1.165) is 0 Å². The van der Waals surface area contributed by atoms with Crippen LogP contribution in [0.25, 0.3) is 0 Å². The molecule has 0 aliphatic heterocycles. The molecule has 96 valence electrons. The van der Waals surface area contributed by atoms with Crippen LogP contribution in [0.15, 0.2) is 4.42 Å². The Morgan fingerprint density at radius 3 is 2.72 bits per heavy atom. The Bertz CT molecular complexity index is 476. The Kier molecular flexibility index (Phi) is 4.83. The van der Waals surface area contributed by atoms with Gasteiger partial charge in [0, 0.05) is 6.92 Å². The Labute approximate surface area is 103 Å². The summed E-state index contributed by atoms with van der Waals surface area (Å²) in [6, 6.07) is -0.0338. The number of aliphatic carboxylic acids is 1. The number of amides is 1. The highest BCUT2D eigenvalue weighted by Gasteiger charge is 2.14. The second-order valence-corrected chi connectivity index (χ2v) is 3.42. The summed E-state index contributed by atoms with van der Waals surface area (Å²) >= 11 is 0. The zero-order valence-electron chi connectivity index (χ0n) is 9.71. The number of carbonyl (C=O) groups is 2. The maximum atomic E-state index is 11.5. The van der Waals surface area contributed by atoms with E-state index in [1.165, 1.54) is 4.90 Å². The number of aromatic nitrogens is 2. The molecule has 1 aromatic heterocycles. The molecule has 1 amide bonds. The van der Waals surface area contributed by atoms with Crippen LogP contribution in [0.5, 0.6) is 0 Å². The highest BCUT2D eigenvalue weighted by Crippen LogP contribution is 2.03. The Morgan fingerprint density at radius 2 is 2.22 bits per heavy atom. The van der Waals surface area contributed by atoms with Gasteiger partial charge in [-0.2, -0.15) is 0 Å². The molecule has 1 heterocycles. The van der Waals surface area contributed by atoms with Crippen LogP contribution >= 0.6 is 0 Å². The number of hydrogen-bond donors (Lipinski definition) is 2. The smallest absolute Gasteiger partial charge is 0.322 e. The van der Waals surface area contributed by atoms with Crippen molar-refractivity contribution >= 4 is 17.9 Å².